The van der Waals surface area contributed by atoms with Crippen LogP contribution in [0.5, 0.6) is 0 Å². The number of alkyl halides is 3. The number of primary amides is 1. The molecule has 0 aliphatic carbocycles. The molecule has 0 saturated heterocycles. The van der Waals surface area contributed by atoms with Crippen LogP contribution in [0.1, 0.15) is 31.1 Å². The Morgan fingerprint density at radius 1 is 1.45 bits per heavy atom. The summed E-state index contributed by atoms with van der Waals surface area (Å²) in [4.78, 5) is 15.8. The van der Waals surface area contributed by atoms with Gasteiger partial charge in [0.15, 0.2) is 0 Å². The van der Waals surface area contributed by atoms with Crippen LogP contribution >= 0.6 is 0 Å². The number of hydrogen-bond donors (Lipinski definition) is 1. The van der Waals surface area contributed by atoms with Gasteiger partial charge in [-0.25, -0.2) is 9.37 Å². The highest BCUT2D eigenvalue weighted by Gasteiger charge is 2.46. The lowest BCUT2D eigenvalue weighted by Gasteiger charge is -2.41. The summed E-state index contributed by atoms with van der Waals surface area (Å²) < 4.78 is 52.6. The highest BCUT2D eigenvalue weighted by molar-refractivity contribution is 5.98. The summed E-state index contributed by atoms with van der Waals surface area (Å²) in [6, 6.07) is -1.33. The summed E-state index contributed by atoms with van der Waals surface area (Å²) in [5.41, 5.74) is 3.20. The topological polar surface area (TPSA) is 59.2 Å². The highest BCUT2D eigenvalue weighted by atomic mass is 19.4. The Kier molecular flexibility index (Phi) is 4.70. The Balaban J connectivity index is 3.61. The molecule has 0 aliphatic heterocycles. The number of nitrogens with two attached hydrogens (primary N) is 1. The van der Waals surface area contributed by atoms with Gasteiger partial charge in [0.25, 0.3) is 5.91 Å². The molecule has 1 rings (SSSR count). The van der Waals surface area contributed by atoms with Crippen molar-refractivity contribution < 1.29 is 22.4 Å². The molecule has 1 aromatic heterocycles. The molecule has 0 saturated carbocycles. The molecule has 1 atom stereocenters. The number of anilines is 1. The molecule has 1 unspecified atom stereocenters. The van der Waals surface area contributed by atoms with E-state index in [0.29, 0.717) is 6.20 Å². The smallest absolute Gasteiger partial charge is 0.365 e. The molecule has 0 fully saturated rings. The van der Waals surface area contributed by atoms with Crippen molar-refractivity contribution >= 4 is 11.7 Å². The van der Waals surface area contributed by atoms with Gasteiger partial charge in [-0.3, -0.25) is 4.79 Å². The fraction of sp³-hybridized carbons (Fsp3) is 0.429. The Morgan fingerprint density at radius 2 is 2.00 bits per heavy atom. The van der Waals surface area contributed by atoms with Gasteiger partial charge in [0.1, 0.15) is 17.7 Å². The van der Waals surface area contributed by atoms with Crippen LogP contribution in [-0.4, -0.2) is 28.6 Å². The third-order valence-corrected chi connectivity index (χ3v) is 3.14. The molecule has 1 amide bonds. The molecule has 120 valence electrons. The van der Waals surface area contributed by atoms with E-state index in [4.69, 9.17) is 12.2 Å². The quantitative estimate of drug-likeness (QED) is 0.685. The maximum Gasteiger partial charge on any atom is 0.408 e. The number of rotatable bonds is 4. The zero-order valence-electron chi connectivity index (χ0n) is 12.2. The molecule has 1 heterocycles. The van der Waals surface area contributed by atoms with Crippen LogP contribution in [0.4, 0.5) is 23.4 Å². The van der Waals surface area contributed by atoms with Gasteiger partial charge in [-0.1, -0.05) is 5.92 Å². The standard InChI is InChI=1S/C14H15F4N3O/c1-5-13(3,4)21(8(2)14(16,17)18)12-10(11(19)22)6-9(15)7-20-12/h1,6-8H,2-4H3,(H2,19,22). The van der Waals surface area contributed by atoms with E-state index in [-0.39, 0.29) is 0 Å². The lowest BCUT2D eigenvalue weighted by atomic mass is 9.99. The number of terminal acetylenes is 1. The predicted octanol–water partition coefficient (Wildman–Crippen LogP) is 2.49. The van der Waals surface area contributed by atoms with E-state index in [1.54, 1.807) is 0 Å². The van der Waals surface area contributed by atoms with Gasteiger partial charge >= 0.3 is 6.18 Å². The number of pyridine rings is 1. The minimum absolute atomic E-state index is 0.415. The summed E-state index contributed by atoms with van der Waals surface area (Å²) >= 11 is 0. The SMILES string of the molecule is C#CC(C)(C)N(c1ncc(F)cc1C(N)=O)C(C)C(F)(F)F. The first kappa shape index (κ1) is 17.8. The van der Waals surface area contributed by atoms with Gasteiger partial charge in [-0.15, -0.1) is 6.42 Å². The second kappa shape index (κ2) is 5.83. The number of carbonyl (C=O) groups excluding carboxylic acids is 1. The summed E-state index contributed by atoms with van der Waals surface area (Å²) in [5, 5.41) is 0. The molecule has 0 bridgehead atoms. The Bertz CT molecular complexity index is 619. The van der Waals surface area contributed by atoms with Crippen LogP contribution in [0.2, 0.25) is 0 Å². The third kappa shape index (κ3) is 3.47. The van der Waals surface area contributed by atoms with E-state index in [0.717, 1.165) is 17.9 Å². The molecule has 8 heteroatoms. The van der Waals surface area contributed by atoms with Crippen LogP contribution in [0.3, 0.4) is 0 Å². The van der Waals surface area contributed by atoms with E-state index in [1.165, 1.54) is 13.8 Å². The first-order valence-electron chi connectivity index (χ1n) is 6.21. The van der Waals surface area contributed by atoms with Crippen molar-refractivity contribution in [1.29, 1.82) is 0 Å². The predicted molar refractivity (Wildman–Crippen MR) is 73.6 cm³/mol. The van der Waals surface area contributed by atoms with Crippen molar-refractivity contribution in [3.05, 3.63) is 23.6 Å². The lowest BCUT2D eigenvalue weighted by molar-refractivity contribution is -0.146. The van der Waals surface area contributed by atoms with Crippen LogP contribution < -0.4 is 10.6 Å². The van der Waals surface area contributed by atoms with E-state index in [9.17, 15) is 22.4 Å². The molecule has 22 heavy (non-hydrogen) atoms. The maximum atomic E-state index is 13.2. The van der Waals surface area contributed by atoms with E-state index in [2.05, 4.69) is 10.9 Å². The zero-order valence-corrected chi connectivity index (χ0v) is 12.2. The van der Waals surface area contributed by atoms with Crippen molar-refractivity contribution in [2.75, 3.05) is 4.90 Å². The summed E-state index contributed by atoms with van der Waals surface area (Å²) in [5.74, 6) is -0.197. The largest absolute Gasteiger partial charge is 0.408 e. The zero-order chi connectivity index (χ0) is 17.3. The molecule has 4 nitrogen and oxygen atoms in total. The molecule has 0 aromatic carbocycles. The molecular formula is C14H15F4N3O. The molecule has 0 aliphatic rings. The number of aromatic nitrogens is 1. The minimum Gasteiger partial charge on any atom is -0.365 e. The maximum absolute atomic E-state index is 13.2. The van der Waals surface area contributed by atoms with Crippen molar-refractivity contribution in [2.24, 2.45) is 5.73 Å². The summed E-state index contributed by atoms with van der Waals surface area (Å²) in [6.07, 6.45) is 1.36. The van der Waals surface area contributed by atoms with E-state index in [1.807, 2.05) is 0 Å². The van der Waals surface area contributed by atoms with E-state index >= 15 is 0 Å². The normalized spacial score (nSPS) is 13.4. The number of nitrogens with zero attached hydrogens (tertiary/aromatic N) is 2. The molecular weight excluding hydrogens is 302 g/mol. The second-order valence-electron chi connectivity index (χ2n) is 5.18. The summed E-state index contributed by atoms with van der Waals surface area (Å²) in [7, 11) is 0. The fourth-order valence-corrected chi connectivity index (χ4v) is 1.95. The van der Waals surface area contributed by atoms with Gasteiger partial charge in [-0.05, 0) is 26.8 Å². The van der Waals surface area contributed by atoms with Crippen LogP contribution in [0.25, 0.3) is 0 Å². The van der Waals surface area contributed by atoms with Crippen LogP contribution in [-0.2, 0) is 0 Å². The van der Waals surface area contributed by atoms with Gasteiger partial charge < -0.3 is 10.6 Å². The molecule has 2 N–H and O–H groups in total. The van der Waals surface area contributed by atoms with Crippen molar-refractivity contribution in [3.8, 4) is 12.3 Å². The monoisotopic (exact) mass is 317 g/mol. The Labute approximate surface area is 125 Å². The van der Waals surface area contributed by atoms with Crippen LogP contribution in [0.15, 0.2) is 12.3 Å². The fourth-order valence-electron chi connectivity index (χ4n) is 1.95. The molecule has 0 radical (unpaired) electrons. The number of halogens is 4. The Hall–Kier alpha value is -2.30. The number of hydrogen-bond acceptors (Lipinski definition) is 3. The minimum atomic E-state index is -4.64. The van der Waals surface area contributed by atoms with Gasteiger partial charge in [0.2, 0.25) is 0 Å². The average molecular weight is 317 g/mol. The van der Waals surface area contributed by atoms with E-state index < -0.39 is 40.9 Å². The summed E-state index contributed by atoms with van der Waals surface area (Å²) in [6.45, 7) is 3.57. The van der Waals surface area contributed by atoms with Gasteiger partial charge in [0.05, 0.1) is 17.3 Å². The van der Waals surface area contributed by atoms with Crippen molar-refractivity contribution in [1.82, 2.24) is 4.98 Å². The number of carbonyl (C=O) groups is 1. The van der Waals surface area contributed by atoms with Crippen molar-refractivity contribution in [3.63, 3.8) is 0 Å². The Morgan fingerprint density at radius 3 is 2.41 bits per heavy atom. The van der Waals surface area contributed by atoms with Crippen LogP contribution in [0, 0.1) is 18.2 Å². The lowest BCUT2D eigenvalue weighted by Crippen LogP contribution is -2.55. The van der Waals surface area contributed by atoms with Crippen molar-refractivity contribution in [2.45, 2.75) is 38.5 Å². The number of amides is 1. The second-order valence-corrected chi connectivity index (χ2v) is 5.18. The third-order valence-electron chi connectivity index (χ3n) is 3.14. The molecule has 0 spiro atoms. The first-order valence-corrected chi connectivity index (χ1v) is 6.21. The molecule has 1 aromatic rings. The average Bonchev–Trinajstić information content (AvgIpc) is 2.39. The highest BCUT2D eigenvalue weighted by Crippen LogP contribution is 2.34. The first-order chi connectivity index (χ1) is 9.91. The van der Waals surface area contributed by atoms with Gasteiger partial charge in [-0.2, -0.15) is 13.2 Å². The van der Waals surface area contributed by atoms with Gasteiger partial charge in [0, 0.05) is 0 Å².